The number of carbonyl (C=O) groups excluding carboxylic acids is 1. The Morgan fingerprint density at radius 3 is 2.65 bits per heavy atom. The van der Waals surface area contributed by atoms with Crippen LogP contribution in [0.3, 0.4) is 0 Å². The van der Waals surface area contributed by atoms with Gasteiger partial charge in [-0.3, -0.25) is 4.79 Å². The van der Waals surface area contributed by atoms with E-state index in [0.29, 0.717) is 6.61 Å². The number of aliphatic hydroxyl groups is 1. The van der Waals surface area contributed by atoms with E-state index in [-0.39, 0.29) is 25.0 Å². The largest absolute Gasteiger partial charge is 0.468 e. The van der Waals surface area contributed by atoms with Crippen molar-refractivity contribution in [1.29, 1.82) is 0 Å². The first-order valence-corrected chi connectivity index (χ1v) is 5.70. The maximum atomic E-state index is 11.4. The number of methoxy groups -OCH3 is 1. The standard InChI is InChI=1S/C12H23NO4/c1-5-6-17-8-10(14)7-13-11(9(2)3)12(15)16-4/h5,9-11,13-14H,1,6-8H2,2-4H3. The number of carbonyl (C=O) groups is 1. The lowest BCUT2D eigenvalue weighted by Gasteiger charge is -2.21. The van der Waals surface area contributed by atoms with Crippen LogP contribution in [0.25, 0.3) is 0 Å². The van der Waals surface area contributed by atoms with Crippen LogP contribution in [0, 0.1) is 5.92 Å². The van der Waals surface area contributed by atoms with E-state index in [1.165, 1.54) is 7.11 Å². The summed E-state index contributed by atoms with van der Waals surface area (Å²) in [5, 5.41) is 12.6. The lowest BCUT2D eigenvalue weighted by molar-refractivity contribution is -0.144. The van der Waals surface area contributed by atoms with Crippen LogP contribution in [-0.2, 0) is 14.3 Å². The fraction of sp³-hybridized carbons (Fsp3) is 0.750. The Labute approximate surface area is 103 Å². The summed E-state index contributed by atoms with van der Waals surface area (Å²) in [6, 6.07) is -0.408. The van der Waals surface area contributed by atoms with E-state index in [2.05, 4.69) is 16.6 Å². The van der Waals surface area contributed by atoms with E-state index in [0.717, 1.165) is 0 Å². The van der Waals surface area contributed by atoms with Gasteiger partial charge in [-0.25, -0.2) is 0 Å². The van der Waals surface area contributed by atoms with Crippen molar-refractivity contribution in [2.24, 2.45) is 5.92 Å². The molecule has 0 heterocycles. The SMILES string of the molecule is C=CCOCC(O)CNC(C(=O)OC)C(C)C. The molecule has 5 nitrogen and oxygen atoms in total. The smallest absolute Gasteiger partial charge is 0.323 e. The molecule has 0 aliphatic heterocycles. The van der Waals surface area contributed by atoms with Gasteiger partial charge in [-0.15, -0.1) is 6.58 Å². The number of hydrogen-bond acceptors (Lipinski definition) is 5. The molecule has 0 aromatic carbocycles. The summed E-state index contributed by atoms with van der Waals surface area (Å²) in [5.41, 5.74) is 0. The summed E-state index contributed by atoms with van der Waals surface area (Å²) in [7, 11) is 1.35. The first kappa shape index (κ1) is 16.1. The van der Waals surface area contributed by atoms with Crippen LogP contribution in [0.5, 0.6) is 0 Å². The maximum Gasteiger partial charge on any atom is 0.323 e. The number of aliphatic hydroxyl groups excluding tert-OH is 1. The zero-order chi connectivity index (χ0) is 13.3. The van der Waals surface area contributed by atoms with Crippen LogP contribution < -0.4 is 5.32 Å². The molecular weight excluding hydrogens is 222 g/mol. The van der Waals surface area contributed by atoms with E-state index >= 15 is 0 Å². The lowest BCUT2D eigenvalue weighted by atomic mass is 10.0. The Hall–Kier alpha value is -0.910. The summed E-state index contributed by atoms with van der Waals surface area (Å²) >= 11 is 0. The molecular formula is C12H23NO4. The number of esters is 1. The van der Waals surface area contributed by atoms with Crippen molar-refractivity contribution in [2.75, 3.05) is 26.9 Å². The Morgan fingerprint density at radius 2 is 2.18 bits per heavy atom. The van der Waals surface area contributed by atoms with E-state index < -0.39 is 12.1 Å². The zero-order valence-corrected chi connectivity index (χ0v) is 10.8. The Bertz CT molecular complexity index is 231. The van der Waals surface area contributed by atoms with Crippen molar-refractivity contribution in [3.05, 3.63) is 12.7 Å². The summed E-state index contributed by atoms with van der Waals surface area (Å²) in [5.74, 6) is -0.219. The molecule has 100 valence electrons. The second kappa shape index (κ2) is 9.15. The minimum Gasteiger partial charge on any atom is -0.468 e. The van der Waals surface area contributed by atoms with E-state index in [1.807, 2.05) is 13.8 Å². The molecule has 0 aliphatic rings. The van der Waals surface area contributed by atoms with Gasteiger partial charge < -0.3 is 19.9 Å². The molecule has 0 amide bonds. The molecule has 0 aromatic heterocycles. The summed E-state index contributed by atoms with van der Waals surface area (Å²) in [6.45, 7) is 8.23. The summed E-state index contributed by atoms with van der Waals surface area (Å²) in [6.07, 6.45) is 0.965. The van der Waals surface area contributed by atoms with Gasteiger partial charge in [0.2, 0.25) is 0 Å². The third-order valence-electron chi connectivity index (χ3n) is 2.24. The third-order valence-corrected chi connectivity index (χ3v) is 2.24. The molecule has 2 N–H and O–H groups in total. The van der Waals surface area contributed by atoms with Gasteiger partial charge >= 0.3 is 5.97 Å². The van der Waals surface area contributed by atoms with Crippen molar-refractivity contribution >= 4 is 5.97 Å². The Morgan fingerprint density at radius 1 is 1.53 bits per heavy atom. The average Bonchev–Trinajstić information content (AvgIpc) is 2.28. The molecule has 0 aromatic rings. The topological polar surface area (TPSA) is 67.8 Å². The van der Waals surface area contributed by atoms with Crippen molar-refractivity contribution in [2.45, 2.75) is 26.0 Å². The van der Waals surface area contributed by atoms with Gasteiger partial charge in [0.05, 0.1) is 26.4 Å². The second-order valence-corrected chi connectivity index (χ2v) is 4.13. The van der Waals surface area contributed by atoms with Crippen LogP contribution in [-0.4, -0.2) is 50.1 Å². The van der Waals surface area contributed by atoms with Gasteiger partial charge in [-0.05, 0) is 5.92 Å². The lowest BCUT2D eigenvalue weighted by Crippen LogP contribution is -2.45. The normalized spacial score (nSPS) is 14.4. The monoisotopic (exact) mass is 245 g/mol. The third kappa shape index (κ3) is 7.10. The molecule has 0 rings (SSSR count). The zero-order valence-electron chi connectivity index (χ0n) is 10.8. The maximum absolute atomic E-state index is 11.4. The fourth-order valence-electron chi connectivity index (χ4n) is 1.33. The number of ether oxygens (including phenoxy) is 2. The number of hydrogen-bond donors (Lipinski definition) is 2. The van der Waals surface area contributed by atoms with Crippen LogP contribution in [0.15, 0.2) is 12.7 Å². The molecule has 5 heteroatoms. The highest BCUT2D eigenvalue weighted by Gasteiger charge is 2.23. The average molecular weight is 245 g/mol. The van der Waals surface area contributed by atoms with E-state index in [9.17, 15) is 9.90 Å². The summed E-state index contributed by atoms with van der Waals surface area (Å²) in [4.78, 5) is 11.4. The Balaban J connectivity index is 3.95. The molecule has 0 spiro atoms. The van der Waals surface area contributed by atoms with Gasteiger partial charge in [0, 0.05) is 6.54 Å². The number of rotatable bonds is 9. The van der Waals surface area contributed by atoms with Gasteiger partial charge in [-0.2, -0.15) is 0 Å². The van der Waals surface area contributed by atoms with Gasteiger partial charge in [0.1, 0.15) is 6.04 Å². The highest BCUT2D eigenvalue weighted by atomic mass is 16.5. The predicted octanol–water partition coefficient (Wildman–Crippen LogP) is 0.337. The number of nitrogens with one attached hydrogen (secondary N) is 1. The van der Waals surface area contributed by atoms with E-state index in [4.69, 9.17) is 4.74 Å². The molecule has 0 radical (unpaired) electrons. The van der Waals surface area contributed by atoms with Gasteiger partial charge in [-0.1, -0.05) is 19.9 Å². The van der Waals surface area contributed by atoms with Crippen LogP contribution in [0.2, 0.25) is 0 Å². The molecule has 17 heavy (non-hydrogen) atoms. The molecule has 2 unspecified atom stereocenters. The van der Waals surface area contributed by atoms with Crippen molar-refractivity contribution in [3.63, 3.8) is 0 Å². The van der Waals surface area contributed by atoms with Gasteiger partial charge in [0.15, 0.2) is 0 Å². The fourth-order valence-corrected chi connectivity index (χ4v) is 1.33. The molecule has 0 fully saturated rings. The quantitative estimate of drug-likeness (QED) is 0.348. The first-order valence-electron chi connectivity index (χ1n) is 5.70. The van der Waals surface area contributed by atoms with Crippen LogP contribution in [0.4, 0.5) is 0 Å². The Kier molecular flexibility index (Phi) is 8.66. The van der Waals surface area contributed by atoms with Gasteiger partial charge in [0.25, 0.3) is 0 Å². The highest BCUT2D eigenvalue weighted by Crippen LogP contribution is 2.03. The highest BCUT2D eigenvalue weighted by molar-refractivity contribution is 5.75. The van der Waals surface area contributed by atoms with Crippen molar-refractivity contribution < 1.29 is 19.4 Å². The minimum atomic E-state index is -0.652. The molecule has 2 atom stereocenters. The summed E-state index contributed by atoms with van der Waals surface area (Å²) < 4.78 is 9.78. The molecule has 0 bridgehead atoms. The molecule has 0 aliphatic carbocycles. The minimum absolute atomic E-state index is 0.101. The van der Waals surface area contributed by atoms with E-state index in [1.54, 1.807) is 6.08 Å². The molecule has 0 saturated heterocycles. The van der Waals surface area contributed by atoms with Crippen molar-refractivity contribution in [3.8, 4) is 0 Å². The van der Waals surface area contributed by atoms with Crippen LogP contribution >= 0.6 is 0 Å². The molecule has 0 saturated carbocycles. The first-order chi connectivity index (χ1) is 8.02. The second-order valence-electron chi connectivity index (χ2n) is 4.13. The van der Waals surface area contributed by atoms with Crippen molar-refractivity contribution in [1.82, 2.24) is 5.32 Å². The predicted molar refractivity (Wildman–Crippen MR) is 65.7 cm³/mol. The van der Waals surface area contributed by atoms with Crippen LogP contribution in [0.1, 0.15) is 13.8 Å².